The first kappa shape index (κ1) is 18.5. The number of hydrogen-bond acceptors (Lipinski definition) is 4. The lowest BCUT2D eigenvalue weighted by atomic mass is 9.49. The number of amides is 1. The summed E-state index contributed by atoms with van der Waals surface area (Å²) in [6.07, 6.45) is 8.50. The molecule has 4 saturated carbocycles. The Hall–Kier alpha value is -1.53. The van der Waals surface area contributed by atoms with Crippen molar-refractivity contribution in [1.82, 2.24) is 15.4 Å². The van der Waals surface area contributed by atoms with Crippen LogP contribution in [-0.4, -0.2) is 39.8 Å². The zero-order valence-corrected chi connectivity index (χ0v) is 16.5. The van der Waals surface area contributed by atoms with Crippen molar-refractivity contribution >= 4 is 5.91 Å². The molecule has 28 heavy (non-hydrogen) atoms. The van der Waals surface area contributed by atoms with E-state index in [-0.39, 0.29) is 17.3 Å². The van der Waals surface area contributed by atoms with E-state index < -0.39 is 12.1 Å². The van der Waals surface area contributed by atoms with Gasteiger partial charge in [-0.25, -0.2) is 9.87 Å². The molecule has 0 aromatic carbocycles. The third kappa shape index (κ3) is 2.96. The summed E-state index contributed by atoms with van der Waals surface area (Å²) in [6.45, 7) is 4.05. The summed E-state index contributed by atoms with van der Waals surface area (Å²) in [7, 11) is 0. The van der Waals surface area contributed by atoms with Crippen LogP contribution in [0, 0.1) is 23.2 Å². The highest BCUT2D eigenvalue weighted by atomic mass is 19.1. The molecule has 1 amide bonds. The molecule has 0 radical (unpaired) electrons. The van der Waals surface area contributed by atoms with E-state index in [1.54, 1.807) is 11.7 Å². The van der Waals surface area contributed by atoms with Crippen LogP contribution < -0.4 is 5.48 Å². The van der Waals surface area contributed by atoms with Crippen LogP contribution in [-0.2, 0) is 13.0 Å². The molecule has 152 valence electrons. The van der Waals surface area contributed by atoms with E-state index in [2.05, 4.69) is 16.8 Å². The number of pyridine rings is 1. The van der Waals surface area contributed by atoms with E-state index in [0.29, 0.717) is 11.6 Å². The van der Waals surface area contributed by atoms with E-state index in [1.807, 2.05) is 6.07 Å². The second kappa shape index (κ2) is 6.77. The SMILES string of the molecule is CC[C@H]1Cc2ncc(C(=O)NO)cc2CN1CC12CC3CC(C1)C(F)C(C3)C2. The molecular formula is C22H30FN3O2. The fourth-order valence-corrected chi connectivity index (χ4v) is 7.09. The highest BCUT2D eigenvalue weighted by molar-refractivity contribution is 5.93. The minimum atomic E-state index is -0.572. The van der Waals surface area contributed by atoms with E-state index in [4.69, 9.17) is 5.21 Å². The monoisotopic (exact) mass is 387 g/mol. The molecule has 6 rings (SSSR count). The molecule has 4 fully saturated rings. The fourth-order valence-electron chi connectivity index (χ4n) is 7.09. The van der Waals surface area contributed by atoms with Gasteiger partial charge in [0, 0.05) is 37.4 Å². The van der Waals surface area contributed by atoms with Crippen LogP contribution in [0.4, 0.5) is 4.39 Å². The zero-order valence-electron chi connectivity index (χ0n) is 16.5. The van der Waals surface area contributed by atoms with Crippen LogP contribution in [0.1, 0.15) is 67.1 Å². The van der Waals surface area contributed by atoms with Crippen LogP contribution >= 0.6 is 0 Å². The second-order valence-corrected chi connectivity index (χ2v) is 9.86. The maximum Gasteiger partial charge on any atom is 0.276 e. The molecule has 5 aliphatic rings. The molecule has 2 N–H and O–H groups in total. The third-order valence-corrected chi connectivity index (χ3v) is 8.04. The van der Waals surface area contributed by atoms with Gasteiger partial charge in [0.15, 0.2) is 0 Å². The number of nitrogens with zero attached hydrogens (tertiary/aromatic N) is 2. The molecule has 0 spiro atoms. The largest absolute Gasteiger partial charge is 0.295 e. The minimum Gasteiger partial charge on any atom is -0.295 e. The van der Waals surface area contributed by atoms with Gasteiger partial charge in [-0.3, -0.25) is 19.9 Å². The van der Waals surface area contributed by atoms with Gasteiger partial charge in [0.1, 0.15) is 6.17 Å². The lowest BCUT2D eigenvalue weighted by molar-refractivity contribution is -0.120. The van der Waals surface area contributed by atoms with Crippen molar-refractivity contribution in [3.05, 3.63) is 29.1 Å². The third-order valence-electron chi connectivity index (χ3n) is 8.04. The molecule has 6 heteroatoms. The summed E-state index contributed by atoms with van der Waals surface area (Å²) in [5.74, 6) is 0.771. The number of halogens is 1. The molecule has 0 saturated heterocycles. The van der Waals surface area contributed by atoms with Crippen molar-refractivity contribution in [1.29, 1.82) is 0 Å². The van der Waals surface area contributed by atoms with Gasteiger partial charge in [-0.05, 0) is 73.3 Å². The lowest BCUT2D eigenvalue weighted by Crippen LogP contribution is -2.57. The first-order valence-corrected chi connectivity index (χ1v) is 10.8. The number of hydroxylamine groups is 1. The number of hydrogen-bond donors (Lipinski definition) is 2. The maximum atomic E-state index is 14.6. The Morgan fingerprint density at radius 1 is 1.36 bits per heavy atom. The molecule has 4 aliphatic carbocycles. The summed E-state index contributed by atoms with van der Waals surface area (Å²) in [4.78, 5) is 18.9. The average molecular weight is 387 g/mol. The second-order valence-electron chi connectivity index (χ2n) is 9.86. The maximum absolute atomic E-state index is 14.6. The van der Waals surface area contributed by atoms with Gasteiger partial charge < -0.3 is 0 Å². The Bertz CT molecular complexity index is 769. The molecular weight excluding hydrogens is 357 g/mol. The summed E-state index contributed by atoms with van der Waals surface area (Å²) in [5.41, 5.74) is 4.51. The van der Waals surface area contributed by atoms with Crippen LogP contribution in [0.3, 0.4) is 0 Å². The summed E-state index contributed by atoms with van der Waals surface area (Å²) in [5, 5.41) is 8.92. The molecule has 2 unspecified atom stereocenters. The van der Waals surface area contributed by atoms with Crippen LogP contribution in [0.5, 0.6) is 0 Å². The van der Waals surface area contributed by atoms with Crippen molar-refractivity contribution < 1.29 is 14.4 Å². The molecule has 2 heterocycles. The van der Waals surface area contributed by atoms with Crippen LogP contribution in [0.2, 0.25) is 0 Å². The van der Waals surface area contributed by atoms with Crippen LogP contribution in [0.25, 0.3) is 0 Å². The molecule has 1 aliphatic heterocycles. The molecule has 1 aromatic rings. The molecule has 4 bridgehead atoms. The van der Waals surface area contributed by atoms with Gasteiger partial charge in [0.2, 0.25) is 0 Å². The summed E-state index contributed by atoms with van der Waals surface area (Å²) >= 11 is 0. The van der Waals surface area contributed by atoms with E-state index in [1.165, 1.54) is 6.42 Å². The van der Waals surface area contributed by atoms with E-state index in [0.717, 1.165) is 68.8 Å². The highest BCUT2D eigenvalue weighted by Gasteiger charge is 2.56. The predicted octanol–water partition coefficient (Wildman–Crippen LogP) is 3.50. The zero-order chi connectivity index (χ0) is 19.5. The first-order chi connectivity index (χ1) is 13.5. The Morgan fingerprint density at radius 2 is 2.11 bits per heavy atom. The fraction of sp³-hybridized carbons (Fsp3) is 0.727. The minimum absolute atomic E-state index is 0.275. The average Bonchev–Trinajstić information content (AvgIpc) is 2.69. The van der Waals surface area contributed by atoms with Crippen molar-refractivity contribution in [3.63, 3.8) is 0 Å². The van der Waals surface area contributed by atoms with E-state index in [9.17, 15) is 9.18 Å². The lowest BCUT2D eigenvalue weighted by Gasteiger charge is -2.59. The number of alkyl halides is 1. The summed E-state index contributed by atoms with van der Waals surface area (Å²) in [6, 6.07) is 2.32. The standard InChI is InChI=1S/C22H30FN3O2/c1-2-18-6-19-17(5-16(10-24-19)21(27)25-28)11-26(18)12-22-7-13-3-14(8-22)20(23)15(4-13)9-22/h5,10,13-15,18,20,28H,2-4,6-9,11-12H2,1H3,(H,25,27)/t13?,14?,15?,18-,20?,22?/m0/s1. The quantitative estimate of drug-likeness (QED) is 0.613. The first-order valence-electron chi connectivity index (χ1n) is 10.8. The topological polar surface area (TPSA) is 65.5 Å². The number of nitrogens with one attached hydrogen (secondary N) is 1. The van der Waals surface area contributed by atoms with Gasteiger partial charge in [-0.15, -0.1) is 0 Å². The van der Waals surface area contributed by atoms with Crippen molar-refractivity contribution in [2.75, 3.05) is 6.54 Å². The van der Waals surface area contributed by atoms with Gasteiger partial charge in [-0.1, -0.05) is 6.92 Å². The number of fused-ring (bicyclic) bond motifs is 1. The van der Waals surface area contributed by atoms with Crippen molar-refractivity contribution in [2.45, 2.75) is 70.6 Å². The van der Waals surface area contributed by atoms with Gasteiger partial charge in [-0.2, -0.15) is 0 Å². The Balaban J connectivity index is 1.39. The van der Waals surface area contributed by atoms with E-state index >= 15 is 0 Å². The Labute approximate surface area is 165 Å². The van der Waals surface area contributed by atoms with Gasteiger partial charge in [0.25, 0.3) is 5.91 Å². The number of rotatable bonds is 4. The molecule has 1 aromatic heterocycles. The Kier molecular flexibility index (Phi) is 4.47. The summed E-state index contributed by atoms with van der Waals surface area (Å²) < 4.78 is 14.6. The van der Waals surface area contributed by atoms with Crippen molar-refractivity contribution in [2.24, 2.45) is 23.2 Å². The van der Waals surface area contributed by atoms with Gasteiger partial charge >= 0.3 is 0 Å². The number of carbonyl (C=O) groups is 1. The predicted molar refractivity (Wildman–Crippen MR) is 103 cm³/mol. The Morgan fingerprint density at radius 3 is 2.79 bits per heavy atom. The molecule has 5 nitrogen and oxygen atoms in total. The normalized spacial score (nSPS) is 39.0. The number of carbonyl (C=O) groups excluding carboxylic acids is 1. The van der Waals surface area contributed by atoms with Crippen LogP contribution in [0.15, 0.2) is 12.3 Å². The number of aromatic nitrogens is 1. The van der Waals surface area contributed by atoms with Gasteiger partial charge in [0.05, 0.1) is 5.56 Å². The van der Waals surface area contributed by atoms with Crippen molar-refractivity contribution in [3.8, 4) is 0 Å². The molecule has 3 atom stereocenters. The smallest absolute Gasteiger partial charge is 0.276 e. The highest BCUT2D eigenvalue weighted by Crippen LogP contribution is 2.61.